The average molecular weight is 306 g/mol. The van der Waals surface area contributed by atoms with E-state index < -0.39 is 16.6 Å². The minimum atomic E-state index is -4.12. The quantitative estimate of drug-likeness (QED) is 0.589. The van der Waals surface area contributed by atoms with Crippen LogP contribution in [0.2, 0.25) is 0 Å². The molecule has 1 aromatic rings. The number of aliphatic hydroxyl groups is 1. The van der Waals surface area contributed by atoms with E-state index in [0.29, 0.717) is 17.8 Å². The number of nitrogens with two attached hydrogens (primary N) is 1. The number of anilines is 2. The van der Waals surface area contributed by atoms with Crippen LogP contribution < -0.4 is 19.0 Å². The summed E-state index contributed by atoms with van der Waals surface area (Å²) in [6, 6.07) is 1.66. The second-order valence-electron chi connectivity index (χ2n) is 4.28. The summed E-state index contributed by atoms with van der Waals surface area (Å²) in [7, 11) is -4.12. The summed E-state index contributed by atoms with van der Waals surface area (Å²) in [4.78, 5) is 1.58. The molecular formula is C11H18N2O6S. The lowest BCUT2D eigenvalue weighted by molar-refractivity contribution is 0.189. The Hall–Kier alpha value is -1.71. The molecule has 20 heavy (non-hydrogen) atoms. The fourth-order valence-electron chi connectivity index (χ4n) is 2.00. The molecule has 0 saturated carbocycles. The van der Waals surface area contributed by atoms with Gasteiger partial charge in [0.25, 0.3) is 0 Å². The Morgan fingerprint density at radius 1 is 1.40 bits per heavy atom. The van der Waals surface area contributed by atoms with Crippen molar-refractivity contribution in [1.29, 1.82) is 0 Å². The van der Waals surface area contributed by atoms with Crippen LogP contribution in [-0.2, 0) is 10.4 Å². The number of rotatable bonds is 3. The first kappa shape index (κ1) is 16.3. The topological polar surface area (TPSA) is 134 Å². The Balaban J connectivity index is 0.00000200. The lowest BCUT2D eigenvalue weighted by Gasteiger charge is -2.27. The van der Waals surface area contributed by atoms with Crippen molar-refractivity contribution >= 4 is 21.8 Å². The predicted molar refractivity (Wildman–Crippen MR) is 74.1 cm³/mol. The van der Waals surface area contributed by atoms with E-state index in [1.165, 1.54) is 0 Å². The second kappa shape index (κ2) is 5.35. The number of benzene rings is 1. The number of aliphatic hydroxyl groups excluding tert-OH is 1. The zero-order chi connectivity index (χ0) is 14.4. The molecule has 2 rings (SSSR count). The van der Waals surface area contributed by atoms with Crippen LogP contribution in [0.25, 0.3) is 0 Å². The highest BCUT2D eigenvalue weighted by molar-refractivity contribution is 7.82. The minimum Gasteiger partial charge on any atom is -0.412 e. The molecule has 0 fully saturated rings. The van der Waals surface area contributed by atoms with Crippen molar-refractivity contribution in [2.24, 2.45) is 0 Å². The summed E-state index contributed by atoms with van der Waals surface area (Å²) in [5.41, 5.74) is 7.08. The summed E-state index contributed by atoms with van der Waals surface area (Å²) in [5.74, 6) is -0.0000463. The van der Waals surface area contributed by atoms with Crippen molar-refractivity contribution in [2.45, 2.75) is 27.0 Å². The third kappa shape index (κ3) is 2.60. The number of nitrogen functional groups attached to an aromatic ring is 1. The molecule has 1 aromatic carbocycles. The molecule has 9 heteroatoms. The maximum atomic E-state index is 11.4. The smallest absolute Gasteiger partial charge is 0.412 e. The van der Waals surface area contributed by atoms with Crippen LogP contribution in [0.15, 0.2) is 6.07 Å². The lowest BCUT2D eigenvalue weighted by Crippen LogP contribution is -2.32. The Labute approximate surface area is 117 Å². The molecule has 8 nitrogen and oxygen atoms in total. The van der Waals surface area contributed by atoms with Gasteiger partial charge in [-0.15, -0.1) is 8.42 Å². The highest BCUT2D eigenvalue weighted by Crippen LogP contribution is 2.49. The first-order chi connectivity index (χ1) is 8.76. The number of aryl methyl sites for hydroxylation is 1. The molecule has 0 bridgehead atoms. The van der Waals surface area contributed by atoms with Crippen LogP contribution in [-0.4, -0.2) is 31.8 Å². The monoisotopic (exact) mass is 306 g/mol. The van der Waals surface area contributed by atoms with Crippen molar-refractivity contribution < 1.29 is 27.4 Å². The Morgan fingerprint density at radius 3 is 2.45 bits per heavy atom. The van der Waals surface area contributed by atoms with E-state index in [9.17, 15) is 13.5 Å². The Bertz CT molecular complexity index is 614. The molecule has 0 radical (unpaired) electrons. The van der Waals surface area contributed by atoms with E-state index in [-0.39, 0.29) is 22.7 Å². The summed E-state index contributed by atoms with van der Waals surface area (Å²) in [5, 5.41) is 9.74. The van der Waals surface area contributed by atoms with Gasteiger partial charge in [0.1, 0.15) is 6.23 Å². The summed E-state index contributed by atoms with van der Waals surface area (Å²) in [6.07, 6.45) is -0.802. The number of nitrogens with zero attached hydrogens (tertiary/aromatic N) is 1. The van der Waals surface area contributed by atoms with Gasteiger partial charge >= 0.3 is 10.4 Å². The second-order valence-corrected chi connectivity index (χ2v) is 5.43. The average Bonchev–Trinajstić information content (AvgIpc) is 2.62. The molecule has 1 unspecified atom stereocenters. The fraction of sp³-hybridized carbons (Fsp3) is 0.455. The maximum Gasteiger partial charge on any atom is 0.501 e. The molecule has 114 valence electrons. The van der Waals surface area contributed by atoms with E-state index in [2.05, 4.69) is 0 Å². The minimum absolute atomic E-state index is 0. The largest absolute Gasteiger partial charge is 0.501 e. The maximum absolute atomic E-state index is 11.4. The molecule has 1 atom stereocenters. The third-order valence-corrected chi connectivity index (χ3v) is 3.68. The van der Waals surface area contributed by atoms with Crippen LogP contribution >= 0.6 is 0 Å². The first-order valence-corrected chi connectivity index (χ1v) is 7.11. The SMILES string of the molecule is CCN(c1cc(C)c(N)c2c1OS(=O)(=O)O2)C(C)O.O. The van der Waals surface area contributed by atoms with Crippen LogP contribution in [0.1, 0.15) is 19.4 Å². The van der Waals surface area contributed by atoms with Crippen LogP contribution in [0.4, 0.5) is 11.4 Å². The number of fused-ring (bicyclic) bond motifs is 1. The molecule has 0 amide bonds. The van der Waals surface area contributed by atoms with Crippen molar-refractivity contribution in [3.05, 3.63) is 11.6 Å². The molecule has 1 heterocycles. The molecule has 1 aliphatic heterocycles. The third-order valence-electron chi connectivity index (χ3n) is 2.93. The summed E-state index contributed by atoms with van der Waals surface area (Å²) < 4.78 is 32.4. The van der Waals surface area contributed by atoms with Crippen molar-refractivity contribution in [1.82, 2.24) is 0 Å². The van der Waals surface area contributed by atoms with E-state index in [4.69, 9.17) is 14.1 Å². The van der Waals surface area contributed by atoms with Gasteiger partial charge in [0, 0.05) is 6.54 Å². The van der Waals surface area contributed by atoms with E-state index in [0.717, 1.165) is 0 Å². The van der Waals surface area contributed by atoms with Crippen LogP contribution in [0, 0.1) is 6.92 Å². The number of hydrogen-bond donors (Lipinski definition) is 2. The Morgan fingerprint density at radius 2 is 1.95 bits per heavy atom. The molecule has 0 aromatic heterocycles. The zero-order valence-electron chi connectivity index (χ0n) is 11.4. The Kier molecular flexibility index (Phi) is 4.37. The van der Waals surface area contributed by atoms with Gasteiger partial charge in [-0.25, -0.2) is 0 Å². The van der Waals surface area contributed by atoms with Gasteiger partial charge in [-0.2, -0.15) is 0 Å². The summed E-state index contributed by atoms with van der Waals surface area (Å²) >= 11 is 0. The van der Waals surface area contributed by atoms with E-state index in [1.807, 2.05) is 6.92 Å². The summed E-state index contributed by atoms with van der Waals surface area (Å²) in [6.45, 7) is 5.60. The molecular weight excluding hydrogens is 288 g/mol. The number of hydrogen-bond acceptors (Lipinski definition) is 7. The highest BCUT2D eigenvalue weighted by atomic mass is 32.3. The van der Waals surface area contributed by atoms with Gasteiger partial charge in [-0.05, 0) is 32.4 Å². The van der Waals surface area contributed by atoms with Gasteiger partial charge in [0.2, 0.25) is 11.5 Å². The zero-order valence-corrected chi connectivity index (χ0v) is 12.2. The predicted octanol–water partition coefficient (Wildman–Crippen LogP) is -0.0669. The van der Waals surface area contributed by atoms with Crippen LogP contribution in [0.3, 0.4) is 0 Å². The molecule has 5 N–H and O–H groups in total. The van der Waals surface area contributed by atoms with Crippen LogP contribution in [0.5, 0.6) is 11.5 Å². The normalized spacial score (nSPS) is 16.4. The van der Waals surface area contributed by atoms with E-state index in [1.54, 1.807) is 24.8 Å². The standard InChI is InChI=1S/C11H16N2O5S.H2O/c1-4-13(7(3)14)8-5-6(2)9(12)11-10(8)17-19(15,16)18-11;/h5,7,14H,4,12H2,1-3H3;1H2. The molecule has 0 spiro atoms. The first-order valence-electron chi connectivity index (χ1n) is 5.78. The highest BCUT2D eigenvalue weighted by Gasteiger charge is 2.35. The van der Waals surface area contributed by atoms with Gasteiger partial charge in [-0.1, -0.05) is 0 Å². The molecule has 0 aliphatic carbocycles. The van der Waals surface area contributed by atoms with Gasteiger partial charge < -0.3 is 29.6 Å². The lowest BCUT2D eigenvalue weighted by atomic mass is 10.1. The van der Waals surface area contributed by atoms with Gasteiger partial charge in [-0.3, -0.25) is 0 Å². The van der Waals surface area contributed by atoms with Gasteiger partial charge in [0.15, 0.2) is 0 Å². The molecule has 1 aliphatic rings. The molecule has 0 saturated heterocycles. The fourth-order valence-corrected chi connectivity index (χ4v) is 2.77. The van der Waals surface area contributed by atoms with Crippen molar-refractivity contribution in [3.8, 4) is 11.5 Å². The van der Waals surface area contributed by atoms with Crippen molar-refractivity contribution in [3.63, 3.8) is 0 Å². The van der Waals surface area contributed by atoms with Crippen molar-refractivity contribution in [2.75, 3.05) is 17.2 Å². The van der Waals surface area contributed by atoms with Gasteiger partial charge in [0.05, 0.1) is 11.4 Å². The van der Waals surface area contributed by atoms with E-state index >= 15 is 0 Å².